The zero-order chi connectivity index (χ0) is 24.4. The third kappa shape index (κ3) is 4.41. The van der Waals surface area contributed by atoms with E-state index in [-0.39, 0.29) is 18.2 Å². The SMILES string of the molecule is CCOC(=O)c1c(-c2ccc3cc(OC)ccc3c2)csc1N=Cc1nc(-c2ccco2)oc1O. The Morgan fingerprint density at radius 2 is 2.03 bits per heavy atom. The number of nitrogens with zero attached hydrogens (tertiary/aromatic N) is 2. The lowest BCUT2D eigenvalue weighted by Gasteiger charge is -2.08. The molecule has 3 aromatic heterocycles. The van der Waals surface area contributed by atoms with Gasteiger partial charge in [-0.3, -0.25) is 0 Å². The van der Waals surface area contributed by atoms with E-state index < -0.39 is 11.9 Å². The van der Waals surface area contributed by atoms with Crippen molar-refractivity contribution >= 4 is 39.3 Å². The second kappa shape index (κ2) is 9.47. The highest BCUT2D eigenvalue weighted by molar-refractivity contribution is 7.14. The van der Waals surface area contributed by atoms with E-state index in [9.17, 15) is 9.90 Å². The van der Waals surface area contributed by atoms with Gasteiger partial charge in [0.1, 0.15) is 16.3 Å². The van der Waals surface area contributed by atoms with Gasteiger partial charge < -0.3 is 23.4 Å². The lowest BCUT2D eigenvalue weighted by molar-refractivity contribution is 0.0529. The zero-order valence-corrected chi connectivity index (χ0v) is 19.7. The Bertz CT molecular complexity index is 1530. The van der Waals surface area contributed by atoms with Crippen LogP contribution in [-0.2, 0) is 4.74 Å². The molecular formula is C26H20N2O6S. The molecule has 0 atom stereocenters. The van der Waals surface area contributed by atoms with Crippen molar-refractivity contribution in [3.63, 3.8) is 0 Å². The van der Waals surface area contributed by atoms with E-state index in [1.807, 2.05) is 41.8 Å². The van der Waals surface area contributed by atoms with Gasteiger partial charge in [-0.25, -0.2) is 14.8 Å². The van der Waals surface area contributed by atoms with Gasteiger partial charge in [-0.1, -0.05) is 18.2 Å². The number of thiophene rings is 1. The Labute approximate surface area is 204 Å². The number of rotatable bonds is 7. The molecule has 3 heterocycles. The molecule has 2 aromatic carbocycles. The predicted molar refractivity (Wildman–Crippen MR) is 133 cm³/mol. The van der Waals surface area contributed by atoms with Crippen LogP contribution in [0.15, 0.2) is 74.0 Å². The van der Waals surface area contributed by atoms with Crippen LogP contribution in [0.4, 0.5) is 5.00 Å². The predicted octanol–water partition coefficient (Wildman–Crippen LogP) is 6.46. The van der Waals surface area contributed by atoms with Crippen LogP contribution in [0.2, 0.25) is 0 Å². The summed E-state index contributed by atoms with van der Waals surface area (Å²) >= 11 is 1.29. The number of benzene rings is 2. The van der Waals surface area contributed by atoms with E-state index in [2.05, 4.69) is 9.98 Å². The zero-order valence-electron chi connectivity index (χ0n) is 18.8. The fraction of sp³-hybridized carbons (Fsp3) is 0.115. The molecule has 0 amide bonds. The smallest absolute Gasteiger partial charge is 0.341 e. The number of aromatic hydroxyl groups is 1. The fourth-order valence-corrected chi connectivity index (χ4v) is 4.52. The molecule has 0 fully saturated rings. The molecule has 0 aliphatic rings. The number of aromatic nitrogens is 1. The molecular weight excluding hydrogens is 468 g/mol. The van der Waals surface area contributed by atoms with Crippen LogP contribution in [0.25, 0.3) is 33.6 Å². The first-order valence-corrected chi connectivity index (χ1v) is 11.6. The summed E-state index contributed by atoms with van der Waals surface area (Å²) in [5, 5.41) is 14.4. The molecule has 0 saturated carbocycles. The van der Waals surface area contributed by atoms with Crippen molar-refractivity contribution < 1.29 is 28.2 Å². The van der Waals surface area contributed by atoms with Crippen LogP contribution >= 0.6 is 11.3 Å². The van der Waals surface area contributed by atoms with Crippen LogP contribution in [0, 0.1) is 0 Å². The molecule has 0 saturated heterocycles. The van der Waals surface area contributed by atoms with Crippen LogP contribution < -0.4 is 4.74 Å². The molecule has 5 rings (SSSR count). The molecule has 0 unspecified atom stereocenters. The van der Waals surface area contributed by atoms with Gasteiger partial charge >= 0.3 is 11.9 Å². The summed E-state index contributed by atoms with van der Waals surface area (Å²) in [6, 6.07) is 15.1. The number of fused-ring (bicyclic) bond motifs is 1. The van der Waals surface area contributed by atoms with Crippen LogP contribution in [0.3, 0.4) is 0 Å². The highest BCUT2D eigenvalue weighted by atomic mass is 32.1. The van der Waals surface area contributed by atoms with Gasteiger partial charge in [0.25, 0.3) is 5.89 Å². The van der Waals surface area contributed by atoms with Crippen LogP contribution in [0.5, 0.6) is 11.7 Å². The Balaban J connectivity index is 1.53. The number of oxazole rings is 1. The topological polar surface area (TPSA) is 107 Å². The number of hydrogen-bond donors (Lipinski definition) is 1. The van der Waals surface area contributed by atoms with Gasteiger partial charge in [0.2, 0.25) is 0 Å². The first kappa shape index (κ1) is 22.4. The second-order valence-electron chi connectivity index (χ2n) is 7.42. The fourth-order valence-electron chi connectivity index (χ4n) is 3.61. The summed E-state index contributed by atoms with van der Waals surface area (Å²) in [4.78, 5) is 21.5. The molecule has 35 heavy (non-hydrogen) atoms. The number of carbonyl (C=O) groups is 1. The molecule has 8 nitrogen and oxygen atoms in total. The lowest BCUT2D eigenvalue weighted by atomic mass is 10.00. The molecule has 0 aliphatic heterocycles. The average Bonchev–Trinajstić information content (AvgIpc) is 3.62. The highest BCUT2D eigenvalue weighted by Gasteiger charge is 2.22. The average molecular weight is 489 g/mol. The van der Waals surface area contributed by atoms with E-state index >= 15 is 0 Å². The lowest BCUT2D eigenvalue weighted by Crippen LogP contribution is -2.05. The Morgan fingerprint density at radius 1 is 1.20 bits per heavy atom. The second-order valence-corrected chi connectivity index (χ2v) is 8.28. The normalized spacial score (nSPS) is 11.4. The minimum absolute atomic E-state index is 0.112. The summed E-state index contributed by atoms with van der Waals surface area (Å²) in [7, 11) is 1.63. The third-order valence-corrected chi connectivity index (χ3v) is 6.17. The minimum atomic E-state index is -0.480. The van der Waals surface area contributed by atoms with Gasteiger partial charge in [-0.2, -0.15) is 0 Å². The molecule has 176 valence electrons. The maximum Gasteiger partial charge on any atom is 0.341 e. The maximum absolute atomic E-state index is 12.9. The van der Waals surface area contributed by atoms with Gasteiger partial charge in [-0.05, 0) is 53.6 Å². The Hall–Kier alpha value is -4.37. The van der Waals surface area contributed by atoms with E-state index in [0.29, 0.717) is 21.9 Å². The van der Waals surface area contributed by atoms with Crippen molar-refractivity contribution in [2.45, 2.75) is 6.92 Å². The quantitative estimate of drug-likeness (QED) is 0.207. The molecule has 1 N–H and O–H groups in total. The molecule has 9 heteroatoms. The van der Waals surface area contributed by atoms with Crippen molar-refractivity contribution in [3.05, 3.63) is 71.4 Å². The standard InChI is InChI=1S/C26H20N2O6S/c1-3-32-26(30)22-19(17-7-6-16-12-18(31-2)9-8-15(16)11-17)14-35-24(22)27-13-20-25(29)34-23(28-20)21-5-4-10-33-21/h4-14,29H,3H2,1-2H3. The number of carbonyl (C=O) groups excluding carboxylic acids is 1. The van der Waals surface area contributed by atoms with E-state index in [1.165, 1.54) is 23.8 Å². The van der Waals surface area contributed by atoms with Crippen molar-refractivity contribution in [1.82, 2.24) is 4.98 Å². The number of furan rings is 1. The maximum atomic E-state index is 12.9. The summed E-state index contributed by atoms with van der Waals surface area (Å²) in [5.41, 5.74) is 2.02. The van der Waals surface area contributed by atoms with E-state index in [4.69, 9.17) is 18.3 Å². The first-order chi connectivity index (χ1) is 17.1. The summed E-state index contributed by atoms with van der Waals surface area (Å²) in [6.07, 6.45) is 2.82. The summed E-state index contributed by atoms with van der Waals surface area (Å²) in [6.45, 7) is 1.98. The van der Waals surface area contributed by atoms with Gasteiger partial charge in [0.05, 0.1) is 26.2 Å². The minimum Gasteiger partial charge on any atom is -0.497 e. The van der Waals surface area contributed by atoms with Crippen molar-refractivity contribution in [1.29, 1.82) is 0 Å². The van der Waals surface area contributed by atoms with Crippen molar-refractivity contribution in [2.75, 3.05) is 13.7 Å². The molecule has 0 radical (unpaired) electrons. The Kier molecular flexibility index (Phi) is 6.07. The number of ether oxygens (including phenoxy) is 2. The largest absolute Gasteiger partial charge is 0.497 e. The molecule has 0 spiro atoms. The van der Waals surface area contributed by atoms with Gasteiger partial charge in [0, 0.05) is 10.9 Å². The monoisotopic (exact) mass is 488 g/mol. The highest BCUT2D eigenvalue weighted by Crippen LogP contribution is 2.39. The summed E-state index contributed by atoms with van der Waals surface area (Å²) in [5.74, 6) is 0.389. The van der Waals surface area contributed by atoms with Crippen molar-refractivity contribution in [2.24, 2.45) is 4.99 Å². The van der Waals surface area contributed by atoms with Crippen molar-refractivity contribution in [3.8, 4) is 34.5 Å². The third-order valence-electron chi connectivity index (χ3n) is 5.28. The number of methoxy groups -OCH3 is 1. The Morgan fingerprint density at radius 3 is 2.80 bits per heavy atom. The van der Waals surface area contributed by atoms with Crippen LogP contribution in [0.1, 0.15) is 23.0 Å². The van der Waals surface area contributed by atoms with E-state index in [0.717, 1.165) is 22.1 Å². The van der Waals surface area contributed by atoms with Gasteiger partial charge in [-0.15, -0.1) is 11.3 Å². The van der Waals surface area contributed by atoms with Crippen LogP contribution in [-0.4, -0.2) is 36.0 Å². The molecule has 0 aliphatic carbocycles. The number of aliphatic imine (C=N–C) groups is 1. The number of hydrogen-bond acceptors (Lipinski definition) is 9. The number of esters is 1. The molecule has 0 bridgehead atoms. The van der Waals surface area contributed by atoms with E-state index in [1.54, 1.807) is 26.2 Å². The first-order valence-electron chi connectivity index (χ1n) is 10.7. The summed E-state index contributed by atoms with van der Waals surface area (Å²) < 4.78 is 21.1. The molecule has 5 aromatic rings. The van der Waals surface area contributed by atoms with Gasteiger partial charge in [0.15, 0.2) is 11.5 Å².